The van der Waals surface area contributed by atoms with Crippen molar-refractivity contribution in [3.05, 3.63) is 114 Å². The maximum absolute atomic E-state index is 13.6. The van der Waals surface area contributed by atoms with Crippen molar-refractivity contribution in [3.8, 4) is 11.3 Å². The summed E-state index contributed by atoms with van der Waals surface area (Å²) in [4.78, 5) is 24.8. The van der Waals surface area contributed by atoms with Crippen molar-refractivity contribution in [1.29, 1.82) is 0 Å². The van der Waals surface area contributed by atoms with Gasteiger partial charge in [0, 0.05) is 30.3 Å². The van der Waals surface area contributed by atoms with E-state index in [1.165, 1.54) is 0 Å². The van der Waals surface area contributed by atoms with Gasteiger partial charge in [-0.05, 0) is 19.4 Å². The number of ketones is 1. The number of rotatable bonds is 11. The lowest BCUT2D eigenvalue weighted by Crippen LogP contribution is -2.26. The van der Waals surface area contributed by atoms with Crippen molar-refractivity contribution in [2.75, 3.05) is 18.0 Å². The van der Waals surface area contributed by atoms with Crippen molar-refractivity contribution in [3.63, 3.8) is 0 Å². The van der Waals surface area contributed by atoms with Gasteiger partial charge in [0.15, 0.2) is 11.5 Å². The Labute approximate surface area is 222 Å². The number of hydrogen-bond acceptors (Lipinski definition) is 8. The van der Waals surface area contributed by atoms with Crippen LogP contribution in [0.1, 0.15) is 35.6 Å². The van der Waals surface area contributed by atoms with Gasteiger partial charge in [-0.2, -0.15) is 8.42 Å². The Hall–Kier alpha value is -4.37. The Balaban J connectivity index is 1.83. The molecule has 0 radical (unpaired) electrons. The second kappa shape index (κ2) is 12.2. The van der Waals surface area contributed by atoms with E-state index in [9.17, 15) is 13.2 Å². The normalized spacial score (nSPS) is 11.7. The fraction of sp³-hybridized carbons (Fsp3) is 0.172. The van der Waals surface area contributed by atoms with Gasteiger partial charge in [0.25, 0.3) is 0 Å². The highest BCUT2D eigenvalue weighted by atomic mass is 32.2. The molecule has 9 heteroatoms. The molecule has 0 saturated carbocycles. The molecule has 0 aliphatic carbocycles. The third-order valence-electron chi connectivity index (χ3n) is 5.76. The molecule has 38 heavy (non-hydrogen) atoms. The van der Waals surface area contributed by atoms with E-state index in [-0.39, 0.29) is 11.5 Å². The van der Waals surface area contributed by atoms with Gasteiger partial charge in [0.05, 0.1) is 5.69 Å². The summed E-state index contributed by atoms with van der Waals surface area (Å²) in [6, 6.07) is 28.3. The number of carbonyl (C=O) groups excluding carboxylic acids is 1. The van der Waals surface area contributed by atoms with Gasteiger partial charge < -0.3 is 4.90 Å². The van der Waals surface area contributed by atoms with Gasteiger partial charge in [-0.1, -0.05) is 96.2 Å². The zero-order valence-corrected chi connectivity index (χ0v) is 22.0. The maximum Gasteiger partial charge on any atom is 0.332 e. The number of Topliss-reactive ketones (excluding diaryl/α,β-unsaturated/α-hetero) is 1. The molecule has 4 aromatic rings. The average Bonchev–Trinajstić information content (AvgIpc) is 2.95. The molecule has 4 rings (SSSR count). The van der Waals surface area contributed by atoms with E-state index < -0.39 is 21.7 Å². The molecule has 1 heterocycles. The second-order valence-electron chi connectivity index (χ2n) is 8.37. The Kier molecular flexibility index (Phi) is 8.60. The largest absolute Gasteiger partial charge is 0.357 e. The summed E-state index contributed by atoms with van der Waals surface area (Å²) in [5, 5.41) is 3.86. The standard InChI is InChI=1S/C29H28N4O4S/c1-3-33(4-2)26-20-25(23-16-10-6-11-17-23)30-29(31-26)27(28(34)24-18-12-7-13-19-24)32-37-38(35,36)21-22-14-8-5-9-15-22/h5-20H,3-4,21H2,1-2H3. The molecule has 0 aliphatic heterocycles. The van der Waals surface area contributed by atoms with E-state index >= 15 is 0 Å². The molecule has 194 valence electrons. The molecule has 0 atom stereocenters. The lowest BCUT2D eigenvalue weighted by molar-refractivity contribution is 0.106. The van der Waals surface area contributed by atoms with E-state index in [2.05, 4.69) is 15.1 Å². The predicted octanol–water partition coefficient (Wildman–Crippen LogP) is 5.12. The van der Waals surface area contributed by atoms with Crippen LogP contribution in [-0.2, 0) is 20.2 Å². The number of benzene rings is 3. The fourth-order valence-electron chi connectivity index (χ4n) is 3.82. The second-order valence-corrected chi connectivity index (χ2v) is 9.92. The van der Waals surface area contributed by atoms with Crippen LogP contribution in [0.15, 0.2) is 102 Å². The minimum atomic E-state index is -4.16. The first-order valence-corrected chi connectivity index (χ1v) is 13.8. The molecule has 0 bridgehead atoms. The molecule has 0 saturated heterocycles. The number of aromatic nitrogens is 2. The summed E-state index contributed by atoms with van der Waals surface area (Å²) in [7, 11) is -4.16. The SMILES string of the molecule is CCN(CC)c1cc(-c2ccccc2)nc(C(=NOS(=O)(=O)Cc2ccccc2)C(=O)c2ccccc2)n1. The van der Waals surface area contributed by atoms with Crippen LogP contribution in [0.4, 0.5) is 5.82 Å². The third kappa shape index (κ3) is 6.68. The molecule has 0 spiro atoms. The molecule has 1 aromatic heterocycles. The molecule has 0 aliphatic rings. The van der Waals surface area contributed by atoms with Gasteiger partial charge in [0.1, 0.15) is 11.6 Å². The van der Waals surface area contributed by atoms with Gasteiger partial charge in [-0.25, -0.2) is 9.97 Å². The number of carbonyl (C=O) groups is 1. The summed E-state index contributed by atoms with van der Waals surface area (Å²) in [6.07, 6.45) is 0. The summed E-state index contributed by atoms with van der Waals surface area (Å²) in [6.45, 7) is 5.33. The molecule has 3 aromatic carbocycles. The van der Waals surface area contributed by atoms with Gasteiger partial charge in [0.2, 0.25) is 5.78 Å². The van der Waals surface area contributed by atoms with Gasteiger partial charge in [-0.3, -0.25) is 9.08 Å². The lowest BCUT2D eigenvalue weighted by Gasteiger charge is -2.21. The quantitative estimate of drug-likeness (QED) is 0.151. The highest BCUT2D eigenvalue weighted by molar-refractivity contribution is 7.85. The van der Waals surface area contributed by atoms with Crippen LogP contribution in [0.2, 0.25) is 0 Å². The first-order chi connectivity index (χ1) is 18.4. The van der Waals surface area contributed by atoms with Crippen molar-refractivity contribution in [2.24, 2.45) is 5.16 Å². The smallest absolute Gasteiger partial charge is 0.332 e. The van der Waals surface area contributed by atoms with Crippen LogP contribution in [0.3, 0.4) is 0 Å². The monoisotopic (exact) mass is 528 g/mol. The zero-order chi connectivity index (χ0) is 27.0. The Morgan fingerprint density at radius 2 is 1.42 bits per heavy atom. The zero-order valence-electron chi connectivity index (χ0n) is 21.2. The number of hydrogen-bond donors (Lipinski definition) is 0. The van der Waals surface area contributed by atoms with Crippen LogP contribution in [0.25, 0.3) is 11.3 Å². The number of nitrogens with zero attached hydrogens (tertiary/aromatic N) is 4. The van der Waals surface area contributed by atoms with E-state index in [0.717, 1.165) is 5.56 Å². The van der Waals surface area contributed by atoms with Gasteiger partial charge >= 0.3 is 10.1 Å². The highest BCUT2D eigenvalue weighted by Gasteiger charge is 2.24. The third-order valence-corrected chi connectivity index (χ3v) is 6.75. The topological polar surface area (TPSA) is 102 Å². The number of oxime groups is 1. The minimum absolute atomic E-state index is 0.0305. The molecule has 0 N–H and O–H groups in total. The maximum atomic E-state index is 13.6. The molecule has 0 unspecified atom stereocenters. The Morgan fingerprint density at radius 1 is 0.842 bits per heavy atom. The highest BCUT2D eigenvalue weighted by Crippen LogP contribution is 2.23. The molecule has 0 fully saturated rings. The Morgan fingerprint density at radius 3 is 2.03 bits per heavy atom. The van der Waals surface area contributed by atoms with Crippen LogP contribution < -0.4 is 4.90 Å². The Bertz CT molecular complexity index is 1510. The van der Waals surface area contributed by atoms with E-state index in [0.29, 0.717) is 35.7 Å². The minimum Gasteiger partial charge on any atom is -0.357 e. The van der Waals surface area contributed by atoms with E-state index in [1.807, 2.05) is 55.1 Å². The summed E-state index contributed by atoms with van der Waals surface area (Å²) in [5.41, 5.74) is 1.91. The average molecular weight is 529 g/mol. The summed E-state index contributed by atoms with van der Waals surface area (Å²) < 4.78 is 30.6. The predicted molar refractivity (Wildman–Crippen MR) is 148 cm³/mol. The van der Waals surface area contributed by atoms with Crippen LogP contribution in [-0.4, -0.2) is 43.0 Å². The number of anilines is 1. The van der Waals surface area contributed by atoms with Gasteiger partial charge in [-0.15, -0.1) is 0 Å². The van der Waals surface area contributed by atoms with E-state index in [1.54, 1.807) is 60.7 Å². The first kappa shape index (κ1) is 26.7. The van der Waals surface area contributed by atoms with Crippen molar-refractivity contribution < 1.29 is 17.5 Å². The van der Waals surface area contributed by atoms with Crippen molar-refractivity contribution >= 4 is 27.4 Å². The summed E-state index contributed by atoms with van der Waals surface area (Å²) in [5.74, 6) is -0.410. The molecular formula is C29H28N4O4S. The van der Waals surface area contributed by atoms with Crippen LogP contribution >= 0.6 is 0 Å². The molecular weight excluding hydrogens is 500 g/mol. The molecule has 0 amide bonds. The lowest BCUT2D eigenvalue weighted by atomic mass is 10.1. The fourth-order valence-corrected chi connectivity index (χ4v) is 4.66. The van der Waals surface area contributed by atoms with Crippen LogP contribution in [0.5, 0.6) is 0 Å². The first-order valence-electron chi connectivity index (χ1n) is 12.2. The van der Waals surface area contributed by atoms with Crippen molar-refractivity contribution in [2.45, 2.75) is 19.6 Å². The van der Waals surface area contributed by atoms with Crippen LogP contribution in [0, 0.1) is 0 Å². The van der Waals surface area contributed by atoms with E-state index in [4.69, 9.17) is 4.28 Å². The van der Waals surface area contributed by atoms with Crippen molar-refractivity contribution in [1.82, 2.24) is 9.97 Å². The molecule has 8 nitrogen and oxygen atoms in total. The summed E-state index contributed by atoms with van der Waals surface area (Å²) >= 11 is 0.